The van der Waals surface area contributed by atoms with Gasteiger partial charge in [-0.3, -0.25) is 0 Å². The molecule has 0 spiro atoms. The number of fused-ring (bicyclic) bond motifs is 2. The lowest BCUT2D eigenvalue weighted by Crippen LogP contribution is -2.70. The van der Waals surface area contributed by atoms with Crippen LogP contribution in [-0.4, -0.2) is 35.0 Å². The van der Waals surface area contributed by atoms with Crippen LogP contribution < -0.4 is 5.32 Å². The summed E-state index contributed by atoms with van der Waals surface area (Å²) >= 11 is 0. The highest BCUT2D eigenvalue weighted by atomic mass is 16.3. The maximum atomic E-state index is 10.6. The van der Waals surface area contributed by atoms with Crippen molar-refractivity contribution < 1.29 is 10.2 Å². The Balaban J connectivity index is 2.14. The van der Waals surface area contributed by atoms with Crippen molar-refractivity contribution in [1.82, 2.24) is 5.32 Å². The Bertz CT molecular complexity index is 254. The summed E-state index contributed by atoms with van der Waals surface area (Å²) in [6.45, 7) is 7.81. The molecule has 0 unspecified atom stereocenters. The second kappa shape index (κ2) is 3.44. The molecule has 3 aliphatic carbocycles. The molecule has 0 aromatic heterocycles. The number of nitrogens with one attached hydrogen (secondary N) is 1. The van der Waals surface area contributed by atoms with Gasteiger partial charge in [-0.1, -0.05) is 20.8 Å². The first kappa shape index (κ1) is 11.4. The summed E-state index contributed by atoms with van der Waals surface area (Å²) in [5.41, 5.74) is -0.711. The first-order valence-corrected chi connectivity index (χ1v) is 6.04. The molecule has 3 N–H and O–H groups in total. The minimum Gasteiger partial charge on any atom is -0.390 e. The normalized spacial score (nSPS) is 47.4. The third kappa shape index (κ3) is 1.44. The molecular weight excluding hydrogens is 190 g/mol. The van der Waals surface area contributed by atoms with Gasteiger partial charge in [0.05, 0.1) is 6.10 Å². The van der Waals surface area contributed by atoms with E-state index >= 15 is 0 Å². The first-order chi connectivity index (χ1) is 6.93. The van der Waals surface area contributed by atoms with Gasteiger partial charge in [-0.25, -0.2) is 0 Å². The molecule has 3 aliphatic rings. The average Bonchev–Trinajstić information content (AvgIpc) is 2.18. The fourth-order valence-electron chi connectivity index (χ4n) is 3.54. The molecule has 88 valence electrons. The van der Waals surface area contributed by atoms with Crippen LogP contribution in [0.25, 0.3) is 0 Å². The first-order valence-electron chi connectivity index (χ1n) is 6.04. The Hall–Kier alpha value is -0.120. The van der Waals surface area contributed by atoms with Crippen LogP contribution in [0.15, 0.2) is 0 Å². The predicted octanol–water partition coefficient (Wildman–Crippen LogP) is 0.754. The van der Waals surface area contributed by atoms with E-state index in [1.165, 1.54) is 0 Å². The summed E-state index contributed by atoms with van der Waals surface area (Å²) in [6, 6.07) is 0. The molecular formula is C12H23NO2. The molecule has 15 heavy (non-hydrogen) atoms. The summed E-state index contributed by atoms with van der Waals surface area (Å²) in [7, 11) is 0. The summed E-state index contributed by atoms with van der Waals surface area (Å²) in [6.07, 6.45) is 1.28. The lowest BCUT2D eigenvalue weighted by Gasteiger charge is -2.65. The van der Waals surface area contributed by atoms with Crippen molar-refractivity contribution in [3.8, 4) is 0 Å². The van der Waals surface area contributed by atoms with Crippen LogP contribution >= 0.6 is 0 Å². The molecule has 0 saturated heterocycles. The third-order valence-electron chi connectivity index (χ3n) is 4.82. The van der Waals surface area contributed by atoms with Gasteiger partial charge in [0.15, 0.2) is 0 Å². The van der Waals surface area contributed by atoms with E-state index in [4.69, 9.17) is 0 Å². The highest BCUT2D eigenvalue weighted by Crippen LogP contribution is 2.62. The molecule has 0 heterocycles. The second-order valence-electron chi connectivity index (χ2n) is 5.83. The van der Waals surface area contributed by atoms with Crippen molar-refractivity contribution in [3.63, 3.8) is 0 Å². The molecule has 0 aromatic carbocycles. The van der Waals surface area contributed by atoms with E-state index in [2.05, 4.69) is 19.2 Å². The van der Waals surface area contributed by atoms with Gasteiger partial charge in [-0.05, 0) is 36.6 Å². The molecule has 2 bridgehead atoms. The summed E-state index contributed by atoms with van der Waals surface area (Å²) in [4.78, 5) is 0. The van der Waals surface area contributed by atoms with Gasteiger partial charge in [-0.15, -0.1) is 0 Å². The minimum atomic E-state index is -0.908. The van der Waals surface area contributed by atoms with E-state index in [-0.39, 0.29) is 11.3 Å². The Morgan fingerprint density at radius 1 is 1.33 bits per heavy atom. The molecule has 0 aromatic rings. The fourth-order valence-corrected chi connectivity index (χ4v) is 3.54. The molecule has 0 amide bonds. The molecule has 0 aliphatic heterocycles. The summed E-state index contributed by atoms with van der Waals surface area (Å²) in [5, 5.41) is 23.8. The number of rotatable bonds is 3. The van der Waals surface area contributed by atoms with Crippen molar-refractivity contribution in [2.45, 2.75) is 45.3 Å². The molecule has 3 saturated carbocycles. The van der Waals surface area contributed by atoms with Gasteiger partial charge in [0, 0.05) is 6.54 Å². The zero-order valence-corrected chi connectivity index (χ0v) is 9.95. The molecule has 3 heteroatoms. The zero-order chi connectivity index (χ0) is 11.3. The van der Waals surface area contributed by atoms with Crippen LogP contribution in [0.2, 0.25) is 0 Å². The topological polar surface area (TPSA) is 52.5 Å². The summed E-state index contributed by atoms with van der Waals surface area (Å²) in [5.74, 6) is 0.845. The summed E-state index contributed by atoms with van der Waals surface area (Å²) < 4.78 is 0. The van der Waals surface area contributed by atoms with Crippen LogP contribution in [0.1, 0.15) is 33.6 Å². The standard InChI is InChI=1S/C12H23NO2/c1-4-13-7-12(15)9-5-8(6-10(12)14)11(9,2)3/h8-10,13-15H,4-7H2,1-3H3/t8-,9-,10+,12+/m1/s1. The van der Waals surface area contributed by atoms with Crippen LogP contribution in [0.3, 0.4) is 0 Å². The molecule has 0 radical (unpaired) electrons. The quantitative estimate of drug-likeness (QED) is 0.648. The number of aliphatic hydroxyl groups is 2. The van der Waals surface area contributed by atoms with Gasteiger partial charge >= 0.3 is 0 Å². The van der Waals surface area contributed by atoms with Crippen LogP contribution in [0, 0.1) is 17.3 Å². The van der Waals surface area contributed by atoms with Gasteiger partial charge in [0.1, 0.15) is 5.60 Å². The SMILES string of the molecule is CCNC[C@]1(O)[C@@H]2C[C@H](C[C@@H]1O)C2(C)C. The fraction of sp³-hybridized carbons (Fsp3) is 1.00. The second-order valence-corrected chi connectivity index (χ2v) is 5.83. The third-order valence-corrected chi connectivity index (χ3v) is 4.82. The molecule has 3 rings (SSSR count). The Morgan fingerprint density at radius 2 is 2.00 bits per heavy atom. The van der Waals surface area contributed by atoms with E-state index in [1.54, 1.807) is 0 Å². The smallest absolute Gasteiger partial charge is 0.106 e. The van der Waals surface area contributed by atoms with Crippen molar-refractivity contribution in [3.05, 3.63) is 0 Å². The lowest BCUT2D eigenvalue weighted by molar-refractivity contribution is -0.250. The largest absolute Gasteiger partial charge is 0.390 e. The number of likely N-dealkylation sites (N-methyl/N-ethyl adjacent to an activating group) is 1. The predicted molar refractivity (Wildman–Crippen MR) is 59.5 cm³/mol. The van der Waals surface area contributed by atoms with E-state index in [1.807, 2.05) is 6.92 Å². The Morgan fingerprint density at radius 3 is 2.53 bits per heavy atom. The van der Waals surface area contributed by atoms with Crippen molar-refractivity contribution in [2.75, 3.05) is 13.1 Å². The van der Waals surface area contributed by atoms with E-state index in [0.717, 1.165) is 19.4 Å². The zero-order valence-electron chi connectivity index (χ0n) is 9.95. The van der Waals surface area contributed by atoms with Gasteiger partial charge in [0.2, 0.25) is 0 Å². The lowest BCUT2D eigenvalue weighted by atomic mass is 9.43. The van der Waals surface area contributed by atoms with E-state index < -0.39 is 11.7 Å². The van der Waals surface area contributed by atoms with Crippen LogP contribution in [-0.2, 0) is 0 Å². The Kier molecular flexibility index (Phi) is 2.61. The van der Waals surface area contributed by atoms with E-state index in [9.17, 15) is 10.2 Å². The van der Waals surface area contributed by atoms with Crippen LogP contribution in [0.4, 0.5) is 0 Å². The highest BCUT2D eigenvalue weighted by Gasteiger charge is 2.64. The van der Waals surface area contributed by atoms with E-state index in [0.29, 0.717) is 12.5 Å². The number of hydrogen-bond acceptors (Lipinski definition) is 3. The molecule has 3 nitrogen and oxygen atoms in total. The number of aliphatic hydroxyl groups excluding tert-OH is 1. The number of hydrogen-bond donors (Lipinski definition) is 3. The van der Waals surface area contributed by atoms with Crippen molar-refractivity contribution in [2.24, 2.45) is 17.3 Å². The van der Waals surface area contributed by atoms with Crippen molar-refractivity contribution in [1.29, 1.82) is 0 Å². The average molecular weight is 213 g/mol. The molecule has 3 fully saturated rings. The Labute approximate surface area is 91.9 Å². The van der Waals surface area contributed by atoms with Gasteiger partial charge in [0.25, 0.3) is 0 Å². The van der Waals surface area contributed by atoms with Crippen molar-refractivity contribution >= 4 is 0 Å². The van der Waals surface area contributed by atoms with Gasteiger partial charge < -0.3 is 15.5 Å². The van der Waals surface area contributed by atoms with Crippen LogP contribution in [0.5, 0.6) is 0 Å². The minimum absolute atomic E-state index is 0.198. The maximum absolute atomic E-state index is 10.6. The maximum Gasteiger partial charge on any atom is 0.106 e. The monoisotopic (exact) mass is 213 g/mol. The molecule has 4 atom stereocenters. The highest BCUT2D eigenvalue weighted by molar-refractivity contribution is 5.14. The van der Waals surface area contributed by atoms with Gasteiger partial charge in [-0.2, -0.15) is 0 Å².